The minimum atomic E-state index is -0.197. The predicted octanol–water partition coefficient (Wildman–Crippen LogP) is 0.987. The largest absolute Gasteiger partial charge is 0.301 e. The van der Waals surface area contributed by atoms with Crippen LogP contribution in [-0.2, 0) is 0 Å². The van der Waals surface area contributed by atoms with Gasteiger partial charge in [-0.1, -0.05) is 0 Å². The Labute approximate surface area is 86.1 Å². The number of piperazine rings is 1. The quantitative estimate of drug-likeness (QED) is 0.608. The first-order chi connectivity index (χ1) is 6.86. The molecule has 1 rings (SSSR count). The van der Waals surface area contributed by atoms with Gasteiger partial charge in [-0.3, -0.25) is 9.29 Å². The van der Waals surface area contributed by atoms with E-state index in [-0.39, 0.29) is 6.67 Å². The van der Waals surface area contributed by atoms with E-state index in [1.807, 2.05) is 0 Å². The number of terminal acetylenes is 1. The number of rotatable bonds is 5. The second kappa shape index (κ2) is 6.80. The van der Waals surface area contributed by atoms with Crippen LogP contribution in [0.2, 0.25) is 0 Å². The SMILES string of the molecule is C#CCCN1CCN(CCCF)CC1. The van der Waals surface area contributed by atoms with Gasteiger partial charge in [0.2, 0.25) is 0 Å². The maximum absolute atomic E-state index is 11.9. The van der Waals surface area contributed by atoms with Crippen molar-refractivity contribution in [3.05, 3.63) is 0 Å². The Bertz CT molecular complexity index is 180. The highest BCUT2D eigenvalue weighted by molar-refractivity contribution is 4.85. The zero-order valence-corrected chi connectivity index (χ0v) is 8.71. The van der Waals surface area contributed by atoms with Crippen LogP contribution in [0.1, 0.15) is 12.8 Å². The summed E-state index contributed by atoms with van der Waals surface area (Å²) in [5.41, 5.74) is 0. The fourth-order valence-electron chi connectivity index (χ4n) is 1.74. The predicted molar refractivity (Wildman–Crippen MR) is 56.9 cm³/mol. The molecule has 0 radical (unpaired) electrons. The van der Waals surface area contributed by atoms with E-state index >= 15 is 0 Å². The van der Waals surface area contributed by atoms with Gasteiger partial charge in [0.1, 0.15) is 0 Å². The minimum Gasteiger partial charge on any atom is -0.301 e. The first-order valence-electron chi connectivity index (χ1n) is 5.31. The molecule has 0 aliphatic carbocycles. The summed E-state index contributed by atoms with van der Waals surface area (Å²) in [6, 6.07) is 0. The molecule has 0 saturated carbocycles. The summed E-state index contributed by atoms with van der Waals surface area (Å²) in [7, 11) is 0. The third kappa shape index (κ3) is 4.08. The zero-order valence-electron chi connectivity index (χ0n) is 8.71. The Hall–Kier alpha value is -0.590. The summed E-state index contributed by atoms with van der Waals surface area (Å²) < 4.78 is 11.9. The van der Waals surface area contributed by atoms with Crippen LogP contribution < -0.4 is 0 Å². The Morgan fingerprint density at radius 1 is 1.07 bits per heavy atom. The number of halogens is 1. The second-order valence-corrected chi connectivity index (χ2v) is 3.68. The number of hydrogen-bond donors (Lipinski definition) is 0. The molecule has 1 saturated heterocycles. The molecule has 2 nitrogen and oxygen atoms in total. The van der Waals surface area contributed by atoms with Crippen molar-refractivity contribution in [1.82, 2.24) is 9.80 Å². The Morgan fingerprint density at radius 3 is 2.14 bits per heavy atom. The molecule has 0 N–H and O–H groups in total. The number of nitrogens with zero attached hydrogens (tertiary/aromatic N) is 2. The van der Waals surface area contributed by atoms with Crippen LogP contribution in [0, 0.1) is 12.3 Å². The highest BCUT2D eigenvalue weighted by Crippen LogP contribution is 2.02. The molecule has 1 aliphatic rings. The fraction of sp³-hybridized carbons (Fsp3) is 0.818. The van der Waals surface area contributed by atoms with Crippen LogP contribution in [0.25, 0.3) is 0 Å². The minimum absolute atomic E-state index is 0.197. The summed E-state index contributed by atoms with van der Waals surface area (Å²) in [6.45, 7) is 5.99. The van der Waals surface area contributed by atoms with Crippen molar-refractivity contribution in [3.8, 4) is 12.3 Å². The molecule has 0 aromatic heterocycles. The summed E-state index contributed by atoms with van der Waals surface area (Å²) in [5, 5.41) is 0. The van der Waals surface area contributed by atoms with Crippen LogP contribution >= 0.6 is 0 Å². The standard InChI is InChI=1S/C11H19FN2/c1-2-3-6-13-8-10-14(11-9-13)7-4-5-12/h1H,3-11H2. The lowest BCUT2D eigenvalue weighted by Crippen LogP contribution is -2.46. The van der Waals surface area contributed by atoms with Crippen molar-refractivity contribution in [2.24, 2.45) is 0 Å². The average Bonchev–Trinajstić information content (AvgIpc) is 2.25. The lowest BCUT2D eigenvalue weighted by molar-refractivity contribution is 0.131. The normalized spacial score (nSPS) is 19.4. The van der Waals surface area contributed by atoms with E-state index in [2.05, 4.69) is 15.7 Å². The van der Waals surface area contributed by atoms with Crippen LogP contribution in [0.4, 0.5) is 4.39 Å². The summed E-state index contributed by atoms with van der Waals surface area (Å²) >= 11 is 0. The Balaban J connectivity index is 2.09. The molecule has 1 aliphatic heterocycles. The Kier molecular flexibility index (Phi) is 5.58. The average molecular weight is 198 g/mol. The highest BCUT2D eigenvalue weighted by atomic mass is 19.1. The van der Waals surface area contributed by atoms with E-state index in [0.717, 1.165) is 45.7 Å². The maximum Gasteiger partial charge on any atom is 0.0906 e. The van der Waals surface area contributed by atoms with Gasteiger partial charge in [0.15, 0.2) is 0 Å². The lowest BCUT2D eigenvalue weighted by atomic mass is 10.3. The second-order valence-electron chi connectivity index (χ2n) is 3.68. The molecule has 14 heavy (non-hydrogen) atoms. The molecule has 3 heteroatoms. The molecule has 0 aromatic carbocycles. The van der Waals surface area contributed by atoms with E-state index in [9.17, 15) is 4.39 Å². The van der Waals surface area contributed by atoms with E-state index in [1.54, 1.807) is 0 Å². The molecule has 1 heterocycles. The molecule has 0 amide bonds. The van der Waals surface area contributed by atoms with Gasteiger partial charge in [0, 0.05) is 45.7 Å². The van der Waals surface area contributed by atoms with Crippen LogP contribution in [0.3, 0.4) is 0 Å². The lowest BCUT2D eigenvalue weighted by Gasteiger charge is -2.34. The number of alkyl halides is 1. The summed E-state index contributed by atoms with van der Waals surface area (Å²) in [6.07, 6.45) is 6.72. The Morgan fingerprint density at radius 2 is 1.64 bits per heavy atom. The smallest absolute Gasteiger partial charge is 0.0906 e. The van der Waals surface area contributed by atoms with Gasteiger partial charge in [-0.05, 0) is 6.42 Å². The van der Waals surface area contributed by atoms with Gasteiger partial charge in [-0.2, -0.15) is 0 Å². The van der Waals surface area contributed by atoms with Gasteiger partial charge in [-0.15, -0.1) is 12.3 Å². The van der Waals surface area contributed by atoms with Crippen LogP contribution in [-0.4, -0.2) is 55.7 Å². The van der Waals surface area contributed by atoms with Crippen molar-refractivity contribution in [2.75, 3.05) is 45.9 Å². The first-order valence-corrected chi connectivity index (χ1v) is 5.31. The molecule has 0 bridgehead atoms. The summed E-state index contributed by atoms with van der Waals surface area (Å²) in [4.78, 5) is 4.71. The summed E-state index contributed by atoms with van der Waals surface area (Å²) in [5.74, 6) is 2.66. The third-order valence-electron chi connectivity index (χ3n) is 2.65. The van der Waals surface area contributed by atoms with Gasteiger partial charge < -0.3 is 4.90 Å². The monoisotopic (exact) mass is 198 g/mol. The van der Waals surface area contributed by atoms with Crippen molar-refractivity contribution in [2.45, 2.75) is 12.8 Å². The van der Waals surface area contributed by atoms with Crippen molar-refractivity contribution >= 4 is 0 Å². The van der Waals surface area contributed by atoms with E-state index in [4.69, 9.17) is 6.42 Å². The first kappa shape index (κ1) is 11.5. The third-order valence-corrected chi connectivity index (χ3v) is 2.65. The van der Waals surface area contributed by atoms with Crippen LogP contribution in [0.15, 0.2) is 0 Å². The van der Waals surface area contributed by atoms with Gasteiger partial charge in [0.05, 0.1) is 6.67 Å². The number of hydrogen-bond acceptors (Lipinski definition) is 2. The molecule has 0 aromatic rings. The van der Waals surface area contributed by atoms with Crippen molar-refractivity contribution < 1.29 is 4.39 Å². The molecule has 0 atom stereocenters. The van der Waals surface area contributed by atoms with Crippen molar-refractivity contribution in [1.29, 1.82) is 0 Å². The van der Waals surface area contributed by atoms with Crippen molar-refractivity contribution in [3.63, 3.8) is 0 Å². The zero-order chi connectivity index (χ0) is 10.2. The van der Waals surface area contributed by atoms with E-state index in [0.29, 0.717) is 6.42 Å². The molecule has 0 spiro atoms. The molecule has 0 unspecified atom stereocenters. The molecule has 1 fully saturated rings. The van der Waals surface area contributed by atoms with Gasteiger partial charge in [0.25, 0.3) is 0 Å². The fourth-order valence-corrected chi connectivity index (χ4v) is 1.74. The molecule has 80 valence electrons. The highest BCUT2D eigenvalue weighted by Gasteiger charge is 2.15. The molecular weight excluding hydrogens is 179 g/mol. The van der Waals surface area contributed by atoms with E-state index in [1.165, 1.54) is 0 Å². The topological polar surface area (TPSA) is 6.48 Å². The maximum atomic E-state index is 11.9. The van der Waals surface area contributed by atoms with E-state index < -0.39 is 0 Å². The molecular formula is C11H19FN2. The van der Waals surface area contributed by atoms with Gasteiger partial charge >= 0.3 is 0 Å². The van der Waals surface area contributed by atoms with Gasteiger partial charge in [-0.25, -0.2) is 0 Å². The van der Waals surface area contributed by atoms with Crippen LogP contribution in [0.5, 0.6) is 0 Å².